The van der Waals surface area contributed by atoms with Gasteiger partial charge < -0.3 is 14.4 Å². The summed E-state index contributed by atoms with van der Waals surface area (Å²) in [5, 5.41) is 7.93. The van der Waals surface area contributed by atoms with Crippen LogP contribution in [-0.2, 0) is 7.05 Å². The molecule has 3 nitrogen and oxygen atoms in total. The predicted octanol–water partition coefficient (Wildman–Crippen LogP) is 7.82. The van der Waals surface area contributed by atoms with Crippen molar-refractivity contribution in [3.05, 3.63) is 60.7 Å². The molecule has 0 atom stereocenters. The normalized spacial score (nSPS) is 10.7. The molecule has 5 rings (SSSR count). The Balaban J connectivity index is 0.000000686. The van der Waals surface area contributed by atoms with Gasteiger partial charge in [0.05, 0.1) is 11.0 Å². The molecule has 1 heterocycles. The number of aryl methyl sites for hydroxylation is 1. The molecular formula is C29H37N3. The molecule has 0 spiro atoms. The summed E-state index contributed by atoms with van der Waals surface area (Å²) in [6.07, 6.45) is 0. The van der Waals surface area contributed by atoms with Gasteiger partial charge in [0.1, 0.15) is 0 Å². The zero-order valence-corrected chi connectivity index (χ0v) is 21.1. The standard InChI is InChI=1S/C25H25N3.2C2H6/c1-26(2)20-14-22-24(18-12-8-6-10-16(18)20)25-19-13-9-7-11-17(19)21(27(3)4)15-23(25)28(22)5;2*1-2/h6-15H,1-5H3;2*1-2H3. The van der Waals surface area contributed by atoms with E-state index in [0.717, 1.165) is 0 Å². The quantitative estimate of drug-likeness (QED) is 0.284. The Hall–Kier alpha value is -3.20. The van der Waals surface area contributed by atoms with Crippen LogP contribution in [0.1, 0.15) is 27.7 Å². The zero-order chi connectivity index (χ0) is 23.6. The largest absolute Gasteiger partial charge is 0.377 e. The summed E-state index contributed by atoms with van der Waals surface area (Å²) in [6, 6.07) is 22.2. The van der Waals surface area contributed by atoms with E-state index in [4.69, 9.17) is 0 Å². The maximum absolute atomic E-state index is 2.35. The summed E-state index contributed by atoms with van der Waals surface area (Å²) in [4.78, 5) is 4.42. The van der Waals surface area contributed by atoms with Crippen molar-refractivity contribution in [2.75, 3.05) is 38.0 Å². The van der Waals surface area contributed by atoms with Crippen molar-refractivity contribution >= 4 is 54.7 Å². The SMILES string of the molecule is CC.CC.CN(C)c1cc2c(c3ccccc13)c1c3ccccc3c(N(C)C)cc1n2C. The van der Waals surface area contributed by atoms with Crippen molar-refractivity contribution in [1.82, 2.24) is 4.57 Å². The minimum atomic E-state index is 1.26. The third-order valence-corrected chi connectivity index (χ3v) is 5.94. The minimum absolute atomic E-state index is 1.26. The van der Waals surface area contributed by atoms with Crippen molar-refractivity contribution in [2.45, 2.75) is 27.7 Å². The molecule has 5 aromatic rings. The van der Waals surface area contributed by atoms with Gasteiger partial charge in [0.25, 0.3) is 0 Å². The number of hydrogen-bond donors (Lipinski definition) is 0. The highest BCUT2D eigenvalue weighted by atomic mass is 15.1. The fourth-order valence-corrected chi connectivity index (χ4v) is 4.61. The average Bonchev–Trinajstić information content (AvgIpc) is 3.12. The first-order valence-electron chi connectivity index (χ1n) is 11.7. The fraction of sp³-hybridized carbons (Fsp3) is 0.310. The monoisotopic (exact) mass is 427 g/mol. The van der Waals surface area contributed by atoms with E-state index in [0.29, 0.717) is 0 Å². The summed E-state index contributed by atoms with van der Waals surface area (Å²) in [7, 11) is 10.7. The van der Waals surface area contributed by atoms with Gasteiger partial charge in [-0.25, -0.2) is 0 Å². The van der Waals surface area contributed by atoms with Crippen LogP contribution in [0.4, 0.5) is 11.4 Å². The Morgan fingerprint density at radius 1 is 0.531 bits per heavy atom. The van der Waals surface area contributed by atoms with Crippen LogP contribution in [-0.4, -0.2) is 32.8 Å². The molecule has 4 aromatic carbocycles. The summed E-state index contributed by atoms with van der Waals surface area (Å²) >= 11 is 0. The molecule has 0 saturated carbocycles. The number of anilines is 2. The summed E-state index contributed by atoms with van der Waals surface area (Å²) in [6.45, 7) is 8.00. The van der Waals surface area contributed by atoms with Crippen LogP contribution in [0.5, 0.6) is 0 Å². The molecule has 32 heavy (non-hydrogen) atoms. The van der Waals surface area contributed by atoms with Crippen molar-refractivity contribution in [2.24, 2.45) is 7.05 Å². The molecule has 0 saturated heterocycles. The molecule has 0 unspecified atom stereocenters. The van der Waals surface area contributed by atoms with Crippen LogP contribution in [0.3, 0.4) is 0 Å². The van der Waals surface area contributed by atoms with Crippen LogP contribution >= 0.6 is 0 Å². The first-order chi connectivity index (χ1) is 15.5. The third-order valence-electron chi connectivity index (χ3n) is 5.94. The van der Waals surface area contributed by atoms with Crippen molar-refractivity contribution in [3.63, 3.8) is 0 Å². The van der Waals surface area contributed by atoms with Crippen LogP contribution in [0.25, 0.3) is 43.4 Å². The Morgan fingerprint density at radius 3 is 1.16 bits per heavy atom. The number of hydrogen-bond acceptors (Lipinski definition) is 2. The van der Waals surface area contributed by atoms with Crippen LogP contribution in [0, 0.1) is 0 Å². The second-order valence-electron chi connectivity index (χ2n) is 8.02. The Kier molecular flexibility index (Phi) is 6.98. The molecule has 0 N–H and O–H groups in total. The van der Waals surface area contributed by atoms with Crippen LogP contribution in [0.2, 0.25) is 0 Å². The fourth-order valence-electron chi connectivity index (χ4n) is 4.61. The lowest BCUT2D eigenvalue weighted by Crippen LogP contribution is -2.09. The molecule has 0 radical (unpaired) electrons. The molecule has 168 valence electrons. The number of aromatic nitrogens is 1. The molecule has 0 bridgehead atoms. The molecule has 1 aromatic heterocycles. The van der Waals surface area contributed by atoms with E-state index in [1.54, 1.807) is 0 Å². The summed E-state index contributed by atoms with van der Waals surface area (Å²) < 4.78 is 2.35. The van der Waals surface area contributed by atoms with Crippen LogP contribution < -0.4 is 9.80 Å². The van der Waals surface area contributed by atoms with E-state index >= 15 is 0 Å². The Morgan fingerprint density at radius 2 is 0.844 bits per heavy atom. The first-order valence-corrected chi connectivity index (χ1v) is 11.7. The number of rotatable bonds is 2. The van der Waals surface area contributed by atoms with Gasteiger partial charge in [-0.3, -0.25) is 0 Å². The highest BCUT2D eigenvalue weighted by Crippen LogP contribution is 2.43. The molecule has 0 fully saturated rings. The molecule has 0 amide bonds. The van der Waals surface area contributed by atoms with E-state index in [1.807, 2.05) is 27.7 Å². The van der Waals surface area contributed by atoms with E-state index in [-0.39, 0.29) is 0 Å². The summed E-state index contributed by atoms with van der Waals surface area (Å²) in [5.41, 5.74) is 5.06. The number of fused-ring (bicyclic) bond motifs is 7. The van der Waals surface area contributed by atoms with E-state index < -0.39 is 0 Å². The average molecular weight is 428 g/mol. The molecule has 0 aliphatic rings. The highest BCUT2D eigenvalue weighted by molar-refractivity contribution is 6.30. The lowest BCUT2D eigenvalue weighted by Gasteiger charge is -2.17. The molecule has 0 aliphatic carbocycles. The summed E-state index contributed by atoms with van der Waals surface area (Å²) in [5.74, 6) is 0. The van der Waals surface area contributed by atoms with Gasteiger partial charge in [-0.2, -0.15) is 0 Å². The molecular weight excluding hydrogens is 390 g/mol. The number of benzene rings is 4. The minimum Gasteiger partial charge on any atom is -0.377 e. The zero-order valence-electron chi connectivity index (χ0n) is 21.1. The van der Waals surface area contributed by atoms with Crippen LogP contribution in [0.15, 0.2) is 60.7 Å². The smallest absolute Gasteiger partial charge is 0.0516 e. The topological polar surface area (TPSA) is 11.4 Å². The van der Waals surface area contributed by atoms with E-state index in [1.165, 1.54) is 54.7 Å². The van der Waals surface area contributed by atoms with E-state index in [2.05, 4.69) is 110 Å². The van der Waals surface area contributed by atoms with Crippen molar-refractivity contribution in [1.29, 1.82) is 0 Å². The van der Waals surface area contributed by atoms with Gasteiger partial charge in [-0.15, -0.1) is 0 Å². The second-order valence-corrected chi connectivity index (χ2v) is 8.02. The number of nitrogens with zero attached hydrogens (tertiary/aromatic N) is 3. The van der Waals surface area contributed by atoms with Gasteiger partial charge in [0.2, 0.25) is 0 Å². The highest BCUT2D eigenvalue weighted by Gasteiger charge is 2.19. The van der Waals surface area contributed by atoms with Crippen molar-refractivity contribution < 1.29 is 0 Å². The lowest BCUT2D eigenvalue weighted by molar-refractivity contribution is 1.01. The van der Waals surface area contributed by atoms with Gasteiger partial charge in [0.15, 0.2) is 0 Å². The van der Waals surface area contributed by atoms with Gasteiger partial charge in [-0.1, -0.05) is 76.2 Å². The Labute approximate surface area is 192 Å². The Bertz CT molecular complexity index is 1270. The van der Waals surface area contributed by atoms with Crippen molar-refractivity contribution in [3.8, 4) is 0 Å². The van der Waals surface area contributed by atoms with Gasteiger partial charge in [-0.05, 0) is 22.9 Å². The maximum Gasteiger partial charge on any atom is 0.0516 e. The van der Waals surface area contributed by atoms with E-state index in [9.17, 15) is 0 Å². The third kappa shape index (κ3) is 3.56. The molecule has 0 aliphatic heterocycles. The molecule has 3 heteroatoms. The van der Waals surface area contributed by atoms with Gasteiger partial charge in [0, 0.05) is 68.2 Å². The van der Waals surface area contributed by atoms with Gasteiger partial charge >= 0.3 is 0 Å². The lowest BCUT2D eigenvalue weighted by atomic mass is 9.97. The maximum atomic E-state index is 2.35. The predicted molar refractivity (Wildman–Crippen MR) is 147 cm³/mol. The first kappa shape index (κ1) is 23.5. The second kappa shape index (κ2) is 9.52.